The lowest BCUT2D eigenvalue weighted by Gasteiger charge is -2.19. The van der Waals surface area contributed by atoms with Crippen molar-refractivity contribution in [3.63, 3.8) is 0 Å². The van der Waals surface area contributed by atoms with E-state index in [1.54, 1.807) is 6.07 Å². The van der Waals surface area contributed by atoms with Gasteiger partial charge in [0.1, 0.15) is 13.2 Å². The molecule has 0 unspecified atom stereocenters. The van der Waals surface area contributed by atoms with E-state index in [4.69, 9.17) is 18.9 Å². The van der Waals surface area contributed by atoms with Gasteiger partial charge in [-0.2, -0.15) is 0 Å². The highest BCUT2D eigenvalue weighted by Crippen LogP contribution is 2.32. The Morgan fingerprint density at radius 3 is 2.52 bits per heavy atom. The molecular weight excluding hydrogens is 424 g/mol. The number of carbonyl (C=O) groups is 1. The van der Waals surface area contributed by atoms with E-state index in [1.807, 2.05) is 0 Å². The van der Waals surface area contributed by atoms with Gasteiger partial charge >= 0.3 is 0 Å². The maximum absolute atomic E-state index is 12.5. The monoisotopic (exact) mass is 450 g/mol. The van der Waals surface area contributed by atoms with Crippen molar-refractivity contribution in [2.75, 3.05) is 26.9 Å². The summed E-state index contributed by atoms with van der Waals surface area (Å²) < 4.78 is 46.9. The summed E-state index contributed by atoms with van der Waals surface area (Å²) in [5.41, 5.74) is 2.41. The summed E-state index contributed by atoms with van der Waals surface area (Å²) in [6.07, 6.45) is 0.882. The molecule has 2 aromatic carbocycles. The number of fused-ring (bicyclic) bond motifs is 1. The summed E-state index contributed by atoms with van der Waals surface area (Å²) in [6.45, 7) is 5.45. The van der Waals surface area contributed by atoms with Gasteiger partial charge in [-0.3, -0.25) is 10.2 Å². The Balaban J connectivity index is 1.65. The van der Waals surface area contributed by atoms with E-state index in [0.29, 0.717) is 48.7 Å². The standard InChI is InChI=1S/C21H26N2O7S/c1-14(2)8-9-28-17-6-4-15(12-19(17)27-3)21(24)22-23-31(25,26)16-5-7-18-20(13-16)30-11-10-29-18/h4-7,12-14,23H,8-11H2,1-3H3,(H,22,24). The van der Waals surface area contributed by atoms with Crippen LogP contribution in [0, 0.1) is 5.92 Å². The first kappa shape index (κ1) is 22.7. The van der Waals surface area contributed by atoms with Crippen LogP contribution in [-0.2, 0) is 10.0 Å². The second-order valence-corrected chi connectivity index (χ2v) is 8.94. The molecule has 31 heavy (non-hydrogen) atoms. The van der Waals surface area contributed by atoms with Gasteiger partial charge in [0.15, 0.2) is 23.0 Å². The third-order valence-electron chi connectivity index (χ3n) is 4.50. The van der Waals surface area contributed by atoms with Gasteiger partial charge in [0.25, 0.3) is 15.9 Å². The predicted octanol–water partition coefficient (Wildman–Crippen LogP) is 2.51. The van der Waals surface area contributed by atoms with Gasteiger partial charge in [0, 0.05) is 11.6 Å². The zero-order valence-electron chi connectivity index (χ0n) is 17.6. The van der Waals surface area contributed by atoms with Crippen molar-refractivity contribution in [3.8, 4) is 23.0 Å². The van der Waals surface area contributed by atoms with Crippen LogP contribution in [0.1, 0.15) is 30.6 Å². The molecule has 0 spiro atoms. The molecule has 2 aromatic rings. The Morgan fingerprint density at radius 2 is 1.81 bits per heavy atom. The van der Waals surface area contributed by atoms with Crippen molar-refractivity contribution in [1.29, 1.82) is 0 Å². The number of carbonyl (C=O) groups excluding carboxylic acids is 1. The summed E-state index contributed by atoms with van der Waals surface area (Å²) in [7, 11) is -2.55. The van der Waals surface area contributed by atoms with Gasteiger partial charge in [-0.15, -0.1) is 4.83 Å². The van der Waals surface area contributed by atoms with E-state index in [0.717, 1.165) is 6.42 Å². The number of methoxy groups -OCH3 is 1. The molecule has 0 bridgehead atoms. The van der Waals surface area contributed by atoms with Crippen LogP contribution in [0.15, 0.2) is 41.3 Å². The highest BCUT2D eigenvalue weighted by atomic mass is 32.2. The number of hydrogen-bond acceptors (Lipinski definition) is 7. The van der Waals surface area contributed by atoms with Gasteiger partial charge in [-0.25, -0.2) is 8.42 Å². The van der Waals surface area contributed by atoms with Crippen LogP contribution in [-0.4, -0.2) is 41.3 Å². The zero-order chi connectivity index (χ0) is 22.4. The third kappa shape index (κ3) is 5.80. The fourth-order valence-electron chi connectivity index (χ4n) is 2.77. The highest BCUT2D eigenvalue weighted by Gasteiger charge is 2.20. The molecule has 0 atom stereocenters. The minimum Gasteiger partial charge on any atom is -0.493 e. The van der Waals surface area contributed by atoms with Gasteiger partial charge in [0.2, 0.25) is 0 Å². The topological polar surface area (TPSA) is 112 Å². The smallest absolute Gasteiger partial charge is 0.266 e. The molecule has 1 aliphatic rings. The lowest BCUT2D eigenvalue weighted by atomic mass is 10.1. The molecule has 2 N–H and O–H groups in total. The fourth-order valence-corrected chi connectivity index (χ4v) is 3.62. The molecule has 10 heteroatoms. The molecule has 0 aromatic heterocycles. The number of ether oxygens (including phenoxy) is 4. The maximum Gasteiger partial charge on any atom is 0.266 e. The first-order chi connectivity index (χ1) is 14.8. The summed E-state index contributed by atoms with van der Waals surface area (Å²) in [6, 6.07) is 8.85. The van der Waals surface area contributed by atoms with Gasteiger partial charge in [-0.05, 0) is 42.7 Å². The van der Waals surface area contributed by atoms with E-state index in [1.165, 1.54) is 37.4 Å². The summed E-state index contributed by atoms with van der Waals surface area (Å²) >= 11 is 0. The van der Waals surface area contributed by atoms with Crippen molar-refractivity contribution in [3.05, 3.63) is 42.0 Å². The Hall–Kier alpha value is -2.98. The lowest BCUT2D eigenvalue weighted by molar-refractivity contribution is 0.0944. The minimum atomic E-state index is -4.01. The fraction of sp³-hybridized carbons (Fsp3) is 0.381. The van der Waals surface area contributed by atoms with Crippen molar-refractivity contribution in [2.45, 2.75) is 25.2 Å². The number of sulfonamides is 1. The van der Waals surface area contributed by atoms with E-state index in [-0.39, 0.29) is 10.5 Å². The number of nitrogens with one attached hydrogen (secondary N) is 2. The molecule has 0 fully saturated rings. The van der Waals surface area contributed by atoms with Gasteiger partial charge < -0.3 is 18.9 Å². The second-order valence-electron chi connectivity index (χ2n) is 7.26. The molecule has 1 amide bonds. The molecular formula is C21H26N2O7S. The molecule has 0 radical (unpaired) electrons. The quantitative estimate of drug-likeness (QED) is 0.565. The number of hydrogen-bond donors (Lipinski definition) is 2. The van der Waals surface area contributed by atoms with Crippen LogP contribution in [0.2, 0.25) is 0 Å². The van der Waals surface area contributed by atoms with Crippen LogP contribution in [0.25, 0.3) is 0 Å². The van der Waals surface area contributed by atoms with Crippen molar-refractivity contribution in [1.82, 2.24) is 10.3 Å². The van der Waals surface area contributed by atoms with Gasteiger partial charge in [0.05, 0.1) is 18.6 Å². The Morgan fingerprint density at radius 1 is 1.06 bits per heavy atom. The molecule has 0 saturated carbocycles. The number of rotatable bonds is 9. The second kappa shape index (κ2) is 9.88. The molecule has 168 valence electrons. The number of benzene rings is 2. The molecule has 9 nitrogen and oxygen atoms in total. The molecule has 0 saturated heterocycles. The summed E-state index contributed by atoms with van der Waals surface area (Å²) in [5, 5.41) is 0. The van der Waals surface area contributed by atoms with Crippen LogP contribution in [0.5, 0.6) is 23.0 Å². The Kier molecular flexibility index (Phi) is 7.24. The summed E-state index contributed by atoms with van der Waals surface area (Å²) in [5.74, 6) is 1.55. The van der Waals surface area contributed by atoms with Crippen LogP contribution in [0.4, 0.5) is 0 Å². The zero-order valence-corrected chi connectivity index (χ0v) is 18.5. The average Bonchev–Trinajstić information content (AvgIpc) is 2.77. The third-order valence-corrected chi connectivity index (χ3v) is 5.75. The molecule has 3 rings (SSSR count). The highest BCUT2D eigenvalue weighted by molar-refractivity contribution is 7.89. The lowest BCUT2D eigenvalue weighted by Crippen LogP contribution is -2.41. The van der Waals surface area contributed by atoms with Crippen molar-refractivity contribution in [2.24, 2.45) is 5.92 Å². The van der Waals surface area contributed by atoms with E-state index in [9.17, 15) is 13.2 Å². The predicted molar refractivity (Wildman–Crippen MR) is 113 cm³/mol. The van der Waals surface area contributed by atoms with Gasteiger partial charge in [-0.1, -0.05) is 13.8 Å². The number of amides is 1. The maximum atomic E-state index is 12.5. The average molecular weight is 451 g/mol. The first-order valence-electron chi connectivity index (χ1n) is 9.83. The van der Waals surface area contributed by atoms with Crippen LogP contribution >= 0.6 is 0 Å². The Labute approximate surface area is 181 Å². The molecule has 1 heterocycles. The number of hydrazine groups is 1. The first-order valence-corrected chi connectivity index (χ1v) is 11.3. The van der Waals surface area contributed by atoms with E-state index < -0.39 is 15.9 Å². The van der Waals surface area contributed by atoms with Crippen molar-refractivity contribution >= 4 is 15.9 Å². The van der Waals surface area contributed by atoms with Crippen LogP contribution < -0.4 is 29.2 Å². The molecule has 1 aliphatic heterocycles. The largest absolute Gasteiger partial charge is 0.493 e. The molecule has 0 aliphatic carbocycles. The van der Waals surface area contributed by atoms with E-state index >= 15 is 0 Å². The SMILES string of the molecule is COc1cc(C(=O)NNS(=O)(=O)c2ccc3c(c2)OCCO3)ccc1OCCC(C)C. The summed E-state index contributed by atoms with van der Waals surface area (Å²) in [4.78, 5) is 14.5. The van der Waals surface area contributed by atoms with Crippen molar-refractivity contribution < 1.29 is 32.2 Å². The minimum absolute atomic E-state index is 0.0662. The van der Waals surface area contributed by atoms with E-state index in [2.05, 4.69) is 24.1 Å². The normalized spacial score (nSPS) is 13.0. The van der Waals surface area contributed by atoms with Crippen LogP contribution in [0.3, 0.4) is 0 Å². The Bertz CT molecular complexity index is 1040.